The molecule has 1 aliphatic heterocycles. The van der Waals surface area contributed by atoms with Gasteiger partial charge in [-0.2, -0.15) is 0 Å². The summed E-state index contributed by atoms with van der Waals surface area (Å²) in [6.07, 6.45) is 3.50. The lowest BCUT2D eigenvalue weighted by atomic mass is 10.0. The number of ether oxygens (including phenoxy) is 3. The van der Waals surface area contributed by atoms with Gasteiger partial charge in [0.25, 0.3) is 0 Å². The monoisotopic (exact) mass is 485 g/mol. The highest BCUT2D eigenvalue weighted by Crippen LogP contribution is 2.25. The van der Waals surface area contributed by atoms with Crippen molar-refractivity contribution in [3.05, 3.63) is 53.2 Å². The second-order valence-electron chi connectivity index (χ2n) is 8.85. The van der Waals surface area contributed by atoms with Crippen molar-refractivity contribution in [2.75, 3.05) is 31.2 Å². The first-order valence-corrected chi connectivity index (χ1v) is 12.8. The number of hydrogen-bond donors (Lipinski definition) is 2. The molecule has 2 unspecified atom stereocenters. The van der Waals surface area contributed by atoms with Crippen molar-refractivity contribution in [3.63, 3.8) is 0 Å². The van der Waals surface area contributed by atoms with Crippen LogP contribution in [-0.4, -0.2) is 55.5 Å². The van der Waals surface area contributed by atoms with E-state index in [2.05, 4.69) is 29.0 Å². The highest BCUT2D eigenvalue weighted by Gasteiger charge is 2.33. The van der Waals surface area contributed by atoms with Crippen LogP contribution in [0.2, 0.25) is 0 Å². The molecule has 1 saturated heterocycles. The fourth-order valence-electron chi connectivity index (χ4n) is 4.15. The second kappa shape index (κ2) is 13.8. The van der Waals surface area contributed by atoms with Crippen molar-refractivity contribution >= 4 is 17.9 Å². The molecule has 2 N–H and O–H groups in total. The number of H-pyrrole nitrogens is 1. The second-order valence-corrected chi connectivity index (χ2v) is 8.85. The number of aromatic nitrogens is 1. The molecule has 2 atom stereocenters. The van der Waals surface area contributed by atoms with E-state index in [1.54, 1.807) is 0 Å². The Labute approximate surface area is 208 Å². The number of hydrogen-bond acceptors (Lipinski definition) is 6. The topological polar surface area (TPSA) is 92.9 Å². The number of unbranched alkanes of at least 4 members (excludes halogenated alkanes) is 1. The number of anilines is 1. The van der Waals surface area contributed by atoms with Gasteiger partial charge in [-0.15, -0.1) is 0 Å². The summed E-state index contributed by atoms with van der Waals surface area (Å²) in [5.41, 5.74) is 2.41. The maximum atomic E-state index is 12.6. The van der Waals surface area contributed by atoms with Crippen LogP contribution in [0.5, 0.6) is 0 Å². The van der Waals surface area contributed by atoms with E-state index in [0.717, 1.165) is 36.3 Å². The van der Waals surface area contributed by atoms with E-state index < -0.39 is 6.09 Å². The largest absolute Gasteiger partial charge is 0.462 e. The van der Waals surface area contributed by atoms with Crippen molar-refractivity contribution in [1.82, 2.24) is 10.3 Å². The number of piperidine rings is 1. The van der Waals surface area contributed by atoms with E-state index in [-0.39, 0.29) is 24.7 Å². The first-order valence-electron chi connectivity index (χ1n) is 12.8. The maximum Gasteiger partial charge on any atom is 0.407 e. The molecule has 3 rings (SSSR count). The lowest BCUT2D eigenvalue weighted by Gasteiger charge is -2.39. The van der Waals surface area contributed by atoms with Crippen molar-refractivity contribution in [2.24, 2.45) is 0 Å². The van der Waals surface area contributed by atoms with Gasteiger partial charge in [0.05, 0.1) is 24.3 Å². The number of rotatable bonds is 12. The molecule has 35 heavy (non-hydrogen) atoms. The molecular weight excluding hydrogens is 446 g/mol. The number of nitrogens with zero attached hydrogens (tertiary/aromatic N) is 1. The number of carbonyl (C=O) groups is 2. The fraction of sp³-hybridized carbons (Fsp3) is 0.556. The van der Waals surface area contributed by atoms with Crippen LogP contribution in [0.15, 0.2) is 36.4 Å². The lowest BCUT2D eigenvalue weighted by Crippen LogP contribution is -2.55. The van der Waals surface area contributed by atoms with Gasteiger partial charge in [-0.25, -0.2) is 9.59 Å². The number of aryl methyl sites for hydroxylation is 1. The Kier molecular flexibility index (Phi) is 10.5. The average molecular weight is 486 g/mol. The summed E-state index contributed by atoms with van der Waals surface area (Å²) in [5, 5.41) is 3.00. The van der Waals surface area contributed by atoms with E-state index in [1.807, 2.05) is 43.3 Å². The Bertz CT molecular complexity index is 930. The molecule has 1 fully saturated rings. The zero-order valence-corrected chi connectivity index (χ0v) is 21.2. The van der Waals surface area contributed by atoms with Gasteiger partial charge in [0, 0.05) is 25.4 Å². The van der Waals surface area contributed by atoms with Crippen molar-refractivity contribution < 1.29 is 23.8 Å². The molecule has 0 aliphatic carbocycles. The molecule has 2 heterocycles. The van der Waals surface area contributed by atoms with Crippen LogP contribution in [0.3, 0.4) is 0 Å². The summed E-state index contributed by atoms with van der Waals surface area (Å²) in [6.45, 7) is 8.72. The average Bonchev–Trinajstić information content (AvgIpc) is 3.32. The van der Waals surface area contributed by atoms with Gasteiger partial charge in [-0.1, -0.05) is 57.5 Å². The van der Waals surface area contributed by atoms with Crippen LogP contribution in [0.1, 0.15) is 68.1 Å². The summed E-state index contributed by atoms with van der Waals surface area (Å²) in [4.78, 5) is 30.6. The highest BCUT2D eigenvalue weighted by molar-refractivity contribution is 5.92. The molecule has 8 heteroatoms. The van der Waals surface area contributed by atoms with Crippen LogP contribution in [0.4, 0.5) is 10.6 Å². The van der Waals surface area contributed by atoms with Gasteiger partial charge in [-0.3, -0.25) is 0 Å². The van der Waals surface area contributed by atoms with Crippen LogP contribution in [0.25, 0.3) is 0 Å². The highest BCUT2D eigenvalue weighted by atomic mass is 16.5. The van der Waals surface area contributed by atoms with Gasteiger partial charge in [0.2, 0.25) is 0 Å². The van der Waals surface area contributed by atoms with Crippen LogP contribution in [0, 0.1) is 0 Å². The Morgan fingerprint density at radius 1 is 1.09 bits per heavy atom. The van der Waals surface area contributed by atoms with Gasteiger partial charge in [0.15, 0.2) is 0 Å². The summed E-state index contributed by atoms with van der Waals surface area (Å²) >= 11 is 0. The van der Waals surface area contributed by atoms with Crippen molar-refractivity contribution in [3.8, 4) is 0 Å². The number of aromatic amines is 1. The fourth-order valence-corrected chi connectivity index (χ4v) is 4.15. The summed E-state index contributed by atoms with van der Waals surface area (Å²) in [6, 6.07) is 11.3. The maximum absolute atomic E-state index is 12.6. The quantitative estimate of drug-likeness (QED) is 0.330. The Hall–Kier alpha value is -3.00. The van der Waals surface area contributed by atoms with Crippen molar-refractivity contribution in [1.29, 1.82) is 0 Å². The first-order chi connectivity index (χ1) is 17.0. The molecule has 8 nitrogen and oxygen atoms in total. The lowest BCUT2D eigenvalue weighted by molar-refractivity contribution is 0.0191. The Balaban J connectivity index is 1.62. The van der Waals surface area contributed by atoms with E-state index in [4.69, 9.17) is 14.2 Å². The predicted octanol–water partition coefficient (Wildman–Crippen LogP) is 4.83. The third kappa shape index (κ3) is 7.75. The minimum Gasteiger partial charge on any atom is -0.462 e. The number of nitrogens with one attached hydrogen (secondary N) is 2. The number of amides is 1. The minimum atomic E-state index is -0.442. The number of benzene rings is 1. The Morgan fingerprint density at radius 3 is 2.60 bits per heavy atom. The number of carbonyl (C=O) groups excluding carboxylic acids is 2. The smallest absolute Gasteiger partial charge is 0.407 e. The molecule has 192 valence electrons. The standard InChI is InChI=1S/C27H39N3O5/c1-4-7-16-34-26(31)21-17-25(28-22(21)6-3)30-14-13-23(24(18-30)33-15-5-2)29-27(32)35-19-20-11-9-8-10-12-20/h8-12,17,23-24,28H,4-7,13-16,18-19H2,1-3H3,(H,29,32). The van der Waals surface area contributed by atoms with E-state index in [1.165, 1.54) is 0 Å². The molecule has 2 aromatic rings. The van der Waals surface area contributed by atoms with Crippen molar-refractivity contribution in [2.45, 2.75) is 71.6 Å². The van der Waals surface area contributed by atoms with E-state index >= 15 is 0 Å². The van der Waals surface area contributed by atoms with E-state index in [9.17, 15) is 9.59 Å². The molecule has 1 aromatic carbocycles. The third-order valence-corrected chi connectivity index (χ3v) is 6.14. The van der Waals surface area contributed by atoms with Crippen LogP contribution >= 0.6 is 0 Å². The third-order valence-electron chi connectivity index (χ3n) is 6.14. The minimum absolute atomic E-state index is 0.153. The Morgan fingerprint density at radius 2 is 1.89 bits per heavy atom. The molecule has 1 aromatic heterocycles. The predicted molar refractivity (Wildman–Crippen MR) is 136 cm³/mol. The molecule has 1 aliphatic rings. The molecule has 0 saturated carbocycles. The summed E-state index contributed by atoms with van der Waals surface area (Å²) in [5.74, 6) is 0.591. The molecule has 0 spiro atoms. The first kappa shape index (κ1) is 26.6. The summed E-state index contributed by atoms with van der Waals surface area (Å²) < 4.78 is 17.0. The van der Waals surface area contributed by atoms with Gasteiger partial charge >= 0.3 is 12.1 Å². The molecule has 0 bridgehead atoms. The van der Waals surface area contributed by atoms with Gasteiger partial charge in [-0.05, 0) is 37.3 Å². The molecule has 0 radical (unpaired) electrons. The molecular formula is C27H39N3O5. The van der Waals surface area contributed by atoms with Crippen LogP contribution in [-0.2, 0) is 27.2 Å². The van der Waals surface area contributed by atoms with Gasteiger partial charge < -0.3 is 29.4 Å². The number of alkyl carbamates (subject to hydrolysis) is 1. The van der Waals surface area contributed by atoms with Crippen LogP contribution < -0.4 is 10.2 Å². The zero-order valence-electron chi connectivity index (χ0n) is 21.2. The van der Waals surface area contributed by atoms with E-state index in [0.29, 0.717) is 44.7 Å². The SMILES string of the molecule is CCCCOC(=O)c1cc(N2CCC(NC(=O)OCc3ccccc3)C(OCCC)C2)[nH]c1CC. The normalized spacial score (nSPS) is 17.7. The number of esters is 1. The summed E-state index contributed by atoms with van der Waals surface area (Å²) in [7, 11) is 0. The van der Waals surface area contributed by atoms with Gasteiger partial charge in [0.1, 0.15) is 12.4 Å². The zero-order chi connectivity index (χ0) is 25.0. The molecule has 1 amide bonds.